The number of hydrogen-bond donors (Lipinski definition) is 3. The fraction of sp³-hybridized carbons (Fsp3) is 0.281. The number of carboxylic acid groups (broad SMARTS) is 1. The average molecular weight is 540 g/mol. The first-order valence-corrected chi connectivity index (χ1v) is 13.1. The van der Waals surface area contributed by atoms with Crippen LogP contribution in [0, 0.1) is 26.2 Å². The summed E-state index contributed by atoms with van der Waals surface area (Å²) in [5.74, 6) is -0.113. The molecule has 40 heavy (non-hydrogen) atoms. The molecule has 0 saturated carbocycles. The number of fused-ring (bicyclic) bond motifs is 1. The maximum atomic E-state index is 13.8. The third kappa shape index (κ3) is 4.49. The number of carbonyl (C=O) groups is 3. The molecule has 8 nitrogen and oxygen atoms in total. The Balaban J connectivity index is 1.52. The van der Waals surface area contributed by atoms with Crippen molar-refractivity contribution in [2.24, 2.45) is 5.41 Å². The first-order valence-electron chi connectivity index (χ1n) is 13.1. The van der Waals surface area contributed by atoms with Crippen LogP contribution in [0.15, 0.2) is 70.4 Å². The lowest BCUT2D eigenvalue weighted by Crippen LogP contribution is -2.41. The van der Waals surface area contributed by atoms with Crippen molar-refractivity contribution in [1.29, 1.82) is 0 Å². The number of allylic oxidation sites excluding steroid dienone is 2. The number of carbonyl (C=O) groups excluding carboxylic acids is 2. The molecule has 0 spiro atoms. The van der Waals surface area contributed by atoms with Gasteiger partial charge in [0.2, 0.25) is 5.78 Å². The van der Waals surface area contributed by atoms with E-state index in [9.17, 15) is 19.5 Å². The topological polar surface area (TPSA) is 112 Å². The maximum Gasteiger partial charge on any atom is 0.337 e. The second-order valence-corrected chi connectivity index (χ2v) is 11.6. The normalized spacial score (nSPS) is 15.8. The monoisotopic (exact) mass is 539 g/mol. The van der Waals surface area contributed by atoms with Gasteiger partial charge >= 0.3 is 5.97 Å². The molecule has 3 N–H and O–H groups in total. The van der Waals surface area contributed by atoms with E-state index in [1.165, 1.54) is 11.0 Å². The average Bonchev–Trinajstić information content (AvgIpc) is 3.47. The van der Waals surface area contributed by atoms with Gasteiger partial charge in [-0.2, -0.15) is 0 Å². The van der Waals surface area contributed by atoms with E-state index in [0.717, 1.165) is 28.2 Å². The second kappa shape index (κ2) is 9.55. The summed E-state index contributed by atoms with van der Waals surface area (Å²) in [7, 11) is 0. The minimum Gasteiger partial charge on any atom is -0.478 e. The highest BCUT2D eigenvalue weighted by atomic mass is 16.4. The van der Waals surface area contributed by atoms with Gasteiger partial charge in [-0.25, -0.2) is 4.79 Å². The number of nitrogens with zero attached hydrogens (tertiary/aromatic N) is 1. The number of Topliss-reactive ketones (excluding diaryl/α,β-unsaturated/α-hetero) is 1. The highest BCUT2D eigenvalue weighted by Gasteiger charge is 2.40. The van der Waals surface area contributed by atoms with E-state index in [2.05, 4.69) is 38.0 Å². The molecule has 1 amide bonds. The number of furan rings is 1. The van der Waals surface area contributed by atoms with Crippen LogP contribution in [0.3, 0.4) is 0 Å². The number of carboxylic acids is 1. The number of aromatic carboxylic acids is 1. The molecule has 1 aromatic heterocycles. The van der Waals surface area contributed by atoms with Crippen molar-refractivity contribution >= 4 is 29.0 Å². The van der Waals surface area contributed by atoms with Gasteiger partial charge in [-0.05, 0) is 73.2 Å². The van der Waals surface area contributed by atoms with Crippen molar-refractivity contribution < 1.29 is 23.9 Å². The Morgan fingerprint density at radius 2 is 1.77 bits per heavy atom. The van der Waals surface area contributed by atoms with E-state index in [1.807, 2.05) is 45.0 Å². The molecule has 5 rings (SSSR count). The summed E-state index contributed by atoms with van der Waals surface area (Å²) < 4.78 is 5.90. The summed E-state index contributed by atoms with van der Waals surface area (Å²) in [6, 6.07) is 12.2. The van der Waals surface area contributed by atoms with Crippen LogP contribution < -0.4 is 15.5 Å². The molecule has 8 heteroatoms. The predicted molar refractivity (Wildman–Crippen MR) is 153 cm³/mol. The summed E-state index contributed by atoms with van der Waals surface area (Å²) in [6.07, 6.45) is 0. The van der Waals surface area contributed by atoms with Crippen LogP contribution in [0.25, 0.3) is 0 Å². The van der Waals surface area contributed by atoms with Crippen molar-refractivity contribution in [3.63, 3.8) is 0 Å². The summed E-state index contributed by atoms with van der Waals surface area (Å²) in [5, 5.41) is 16.5. The Labute approximate surface area is 233 Å². The third-order valence-electron chi connectivity index (χ3n) is 7.51. The predicted octanol–water partition coefficient (Wildman–Crippen LogP) is 6.20. The summed E-state index contributed by atoms with van der Waals surface area (Å²) in [5.41, 5.74) is 4.89. The van der Waals surface area contributed by atoms with Gasteiger partial charge in [-0.1, -0.05) is 39.5 Å². The number of hydrogen-bond acceptors (Lipinski definition) is 6. The van der Waals surface area contributed by atoms with Gasteiger partial charge in [0.1, 0.15) is 17.2 Å². The van der Waals surface area contributed by atoms with Crippen LogP contribution in [0.2, 0.25) is 0 Å². The molecule has 1 aliphatic heterocycles. The van der Waals surface area contributed by atoms with E-state index in [4.69, 9.17) is 4.42 Å². The quantitative estimate of drug-likeness (QED) is 0.306. The Kier molecular flexibility index (Phi) is 6.45. The highest BCUT2D eigenvalue weighted by molar-refractivity contribution is 6.21. The first kappa shape index (κ1) is 27.0. The van der Waals surface area contributed by atoms with Crippen LogP contribution in [-0.2, 0) is 11.3 Å². The number of benzene rings is 2. The van der Waals surface area contributed by atoms with Gasteiger partial charge in [0.15, 0.2) is 0 Å². The molecular weight excluding hydrogens is 506 g/mol. The molecular formula is C32H33N3O5. The molecule has 2 aliphatic rings. The van der Waals surface area contributed by atoms with Gasteiger partial charge < -0.3 is 25.1 Å². The van der Waals surface area contributed by atoms with Gasteiger partial charge in [-0.3, -0.25) is 9.59 Å². The summed E-state index contributed by atoms with van der Waals surface area (Å²) >= 11 is 0. The standard InChI is InChI=1S/C32H33N3O5/c1-16-8-11-20(31(38)39)23(14-16)35-15-21-17(2)9-12-22(25(21)30(35)37)33-26-19(4)28(36)27(26)34-29(32(5,6)7)24-13-10-18(3)40-24/h8-14,29,33-34H,4,15H2,1-3,5-7H3,(H,38,39)/t29-/m0/s1. The molecule has 0 unspecified atom stereocenters. The number of aryl methyl sites for hydroxylation is 3. The van der Waals surface area contributed by atoms with Gasteiger partial charge in [0, 0.05) is 5.57 Å². The molecule has 206 valence electrons. The lowest BCUT2D eigenvalue weighted by atomic mass is 9.83. The van der Waals surface area contributed by atoms with Crippen LogP contribution in [0.4, 0.5) is 11.4 Å². The minimum absolute atomic E-state index is 0.0625. The van der Waals surface area contributed by atoms with E-state index >= 15 is 0 Å². The van der Waals surface area contributed by atoms with Crippen molar-refractivity contribution in [2.45, 2.75) is 54.1 Å². The molecule has 0 saturated heterocycles. The molecule has 2 heterocycles. The number of nitrogens with one attached hydrogen (secondary N) is 2. The Bertz CT molecular complexity index is 1640. The van der Waals surface area contributed by atoms with Gasteiger partial charge in [0.25, 0.3) is 5.91 Å². The third-order valence-corrected chi connectivity index (χ3v) is 7.51. The van der Waals surface area contributed by atoms with Gasteiger partial charge in [-0.15, -0.1) is 0 Å². The smallest absolute Gasteiger partial charge is 0.337 e. The molecule has 0 fully saturated rings. The number of anilines is 2. The lowest BCUT2D eigenvalue weighted by molar-refractivity contribution is -0.113. The van der Waals surface area contributed by atoms with E-state index < -0.39 is 5.97 Å². The second-order valence-electron chi connectivity index (χ2n) is 11.6. The number of rotatable bonds is 7. The van der Waals surface area contributed by atoms with Crippen molar-refractivity contribution in [1.82, 2.24) is 5.32 Å². The Hall–Kier alpha value is -4.59. The molecule has 1 aliphatic carbocycles. The highest BCUT2D eigenvalue weighted by Crippen LogP contribution is 2.41. The maximum absolute atomic E-state index is 13.8. The van der Waals surface area contributed by atoms with Crippen LogP contribution >= 0.6 is 0 Å². The van der Waals surface area contributed by atoms with Crippen molar-refractivity contribution in [3.05, 3.63) is 105 Å². The number of ketones is 1. The zero-order chi connectivity index (χ0) is 29.1. The van der Waals surface area contributed by atoms with E-state index in [0.29, 0.717) is 33.9 Å². The van der Waals surface area contributed by atoms with Crippen LogP contribution in [0.1, 0.15) is 75.7 Å². The van der Waals surface area contributed by atoms with Crippen molar-refractivity contribution in [2.75, 3.05) is 10.2 Å². The SMILES string of the molecule is C=C1C(=O)C(N[C@@H](c2ccc(C)o2)C(C)(C)C)=C1Nc1ccc(C)c2c1C(=O)N(c1cc(C)ccc1C(=O)O)C2. The van der Waals surface area contributed by atoms with Crippen LogP contribution in [-0.4, -0.2) is 22.8 Å². The molecule has 1 atom stereocenters. The zero-order valence-electron chi connectivity index (χ0n) is 23.6. The lowest BCUT2D eigenvalue weighted by Gasteiger charge is -2.35. The summed E-state index contributed by atoms with van der Waals surface area (Å²) in [4.78, 5) is 40.2. The Morgan fingerprint density at radius 1 is 1.05 bits per heavy atom. The number of amides is 1. The van der Waals surface area contributed by atoms with Crippen LogP contribution in [0.5, 0.6) is 0 Å². The molecule has 3 aromatic rings. The summed E-state index contributed by atoms with van der Waals surface area (Å²) in [6.45, 7) is 16.0. The van der Waals surface area contributed by atoms with Gasteiger partial charge in [0.05, 0.1) is 40.8 Å². The minimum atomic E-state index is -1.10. The first-order chi connectivity index (χ1) is 18.8. The molecule has 2 aromatic carbocycles. The fourth-order valence-corrected chi connectivity index (χ4v) is 5.25. The largest absolute Gasteiger partial charge is 0.478 e. The van der Waals surface area contributed by atoms with E-state index in [1.54, 1.807) is 12.1 Å². The Morgan fingerprint density at radius 3 is 2.40 bits per heavy atom. The molecule has 0 bridgehead atoms. The van der Waals surface area contributed by atoms with Crippen molar-refractivity contribution in [3.8, 4) is 0 Å². The molecule has 0 radical (unpaired) electrons. The zero-order valence-corrected chi connectivity index (χ0v) is 23.6. The van der Waals surface area contributed by atoms with E-state index in [-0.39, 0.29) is 35.3 Å². The fourth-order valence-electron chi connectivity index (χ4n) is 5.25.